The van der Waals surface area contributed by atoms with Gasteiger partial charge in [0.25, 0.3) is 5.91 Å². The smallest absolute Gasteiger partial charge is 0.254 e. The number of hydrogen-bond donors (Lipinski definition) is 1. The van der Waals surface area contributed by atoms with Gasteiger partial charge in [-0.25, -0.2) is 0 Å². The van der Waals surface area contributed by atoms with Gasteiger partial charge in [-0.05, 0) is 67.1 Å². The number of fused-ring (bicyclic) bond motifs is 2. The van der Waals surface area contributed by atoms with Crippen LogP contribution >= 0.6 is 11.3 Å². The molecule has 2 aromatic rings. The molecule has 1 aromatic carbocycles. The summed E-state index contributed by atoms with van der Waals surface area (Å²) < 4.78 is 1.25. The number of nitrogens with zero attached hydrogens (tertiary/aromatic N) is 2. The molecule has 3 atom stereocenters. The molecule has 2 aliphatic carbocycles. The Kier molecular flexibility index (Phi) is 3.37. The molecule has 5 rings (SSSR count). The minimum absolute atomic E-state index is 0.219. The van der Waals surface area contributed by atoms with E-state index in [1.54, 1.807) is 11.3 Å². The molecule has 124 valence electrons. The van der Waals surface area contributed by atoms with Gasteiger partial charge in [0.2, 0.25) is 0 Å². The number of carbonyl (C=O) groups is 1. The lowest BCUT2D eigenvalue weighted by molar-refractivity contribution is 0.0585. The molecule has 1 aromatic heterocycles. The zero-order chi connectivity index (χ0) is 16.1. The molecule has 2 fully saturated rings. The van der Waals surface area contributed by atoms with Crippen LogP contribution < -0.4 is 5.43 Å². The Hall–Kier alpha value is -1.88. The quantitative estimate of drug-likeness (QED) is 0.928. The topological polar surface area (TPSA) is 44.7 Å². The zero-order valence-corrected chi connectivity index (χ0v) is 14.3. The Labute approximate surface area is 145 Å². The summed E-state index contributed by atoms with van der Waals surface area (Å²) in [6.45, 7) is 0. The van der Waals surface area contributed by atoms with E-state index in [2.05, 4.69) is 39.0 Å². The van der Waals surface area contributed by atoms with Crippen LogP contribution in [-0.2, 0) is 0 Å². The van der Waals surface area contributed by atoms with Crippen LogP contribution in [0.2, 0.25) is 0 Å². The fraction of sp³-hybridized carbons (Fsp3) is 0.474. The third kappa shape index (κ3) is 2.42. The first-order valence-electron chi connectivity index (χ1n) is 8.88. The maximum absolute atomic E-state index is 13.3. The summed E-state index contributed by atoms with van der Waals surface area (Å²) in [4.78, 5) is 15.5. The predicted molar refractivity (Wildman–Crippen MR) is 97.6 cm³/mol. The van der Waals surface area contributed by atoms with Gasteiger partial charge in [0.1, 0.15) is 0 Å². The second-order valence-electron chi connectivity index (χ2n) is 7.26. The molecule has 0 radical (unpaired) electrons. The van der Waals surface area contributed by atoms with Crippen molar-refractivity contribution in [3.63, 3.8) is 0 Å². The average Bonchev–Trinajstić information content (AvgIpc) is 3.13. The number of carbonyl (C=O) groups excluding carboxylic acids is 1. The molecule has 2 heterocycles. The molecule has 0 saturated heterocycles. The van der Waals surface area contributed by atoms with Gasteiger partial charge in [-0.15, -0.1) is 11.3 Å². The lowest BCUT2D eigenvalue weighted by Gasteiger charge is -2.38. The van der Waals surface area contributed by atoms with Crippen LogP contribution in [-0.4, -0.2) is 35.1 Å². The average molecular weight is 339 g/mol. The molecule has 4 nitrogen and oxygen atoms in total. The Bertz CT molecular complexity index is 810. The molecule has 0 bridgehead atoms. The van der Waals surface area contributed by atoms with Gasteiger partial charge in [0.05, 0.1) is 6.04 Å². The Morgan fingerprint density at radius 1 is 1.17 bits per heavy atom. The van der Waals surface area contributed by atoms with Crippen molar-refractivity contribution in [2.24, 2.45) is 11.0 Å². The Morgan fingerprint density at radius 3 is 2.92 bits per heavy atom. The van der Waals surface area contributed by atoms with Gasteiger partial charge >= 0.3 is 0 Å². The normalized spacial score (nSPS) is 28.6. The molecule has 1 aliphatic heterocycles. The van der Waals surface area contributed by atoms with Crippen LogP contribution in [0, 0.1) is 5.92 Å². The van der Waals surface area contributed by atoms with Crippen LogP contribution in [0.4, 0.5) is 0 Å². The largest absolute Gasteiger partial charge is 0.333 e. The van der Waals surface area contributed by atoms with Gasteiger partial charge < -0.3 is 10.3 Å². The number of nitrogens with one attached hydrogen (secondary N) is 1. The molecule has 1 amide bonds. The highest BCUT2D eigenvalue weighted by Crippen LogP contribution is 2.37. The van der Waals surface area contributed by atoms with Crippen molar-refractivity contribution in [3.05, 3.63) is 35.2 Å². The van der Waals surface area contributed by atoms with Crippen molar-refractivity contribution in [2.45, 2.75) is 50.2 Å². The molecule has 24 heavy (non-hydrogen) atoms. The first-order valence-corrected chi connectivity index (χ1v) is 9.76. The summed E-state index contributed by atoms with van der Waals surface area (Å²) in [7, 11) is 0. The van der Waals surface area contributed by atoms with Crippen molar-refractivity contribution in [1.29, 1.82) is 0 Å². The second-order valence-corrected chi connectivity index (χ2v) is 8.21. The van der Waals surface area contributed by atoms with E-state index in [1.807, 2.05) is 12.3 Å². The van der Waals surface area contributed by atoms with Crippen LogP contribution in [0.3, 0.4) is 0 Å². The third-order valence-corrected chi connectivity index (χ3v) is 6.54. The van der Waals surface area contributed by atoms with E-state index in [0.717, 1.165) is 37.7 Å². The van der Waals surface area contributed by atoms with Crippen molar-refractivity contribution in [2.75, 3.05) is 0 Å². The fourth-order valence-electron chi connectivity index (χ4n) is 4.23. The van der Waals surface area contributed by atoms with Crippen molar-refractivity contribution in [1.82, 2.24) is 10.3 Å². The molecule has 3 unspecified atom stereocenters. The summed E-state index contributed by atoms with van der Waals surface area (Å²) >= 11 is 1.73. The standard InChI is InChI=1S/C19H21N3OS/c23-19(13-1-6-18-12(9-13)7-8-24-18)22(15-2-3-15)16-4-5-17-14(10-16)11-20-21-17/h1,6-9,11,14-17,21H,2-5,10H2. The first kappa shape index (κ1) is 14.5. The lowest BCUT2D eigenvalue weighted by atomic mass is 9.82. The molecule has 0 spiro atoms. The van der Waals surface area contributed by atoms with Gasteiger partial charge in [0, 0.05) is 34.5 Å². The second kappa shape index (κ2) is 5.59. The van der Waals surface area contributed by atoms with E-state index < -0.39 is 0 Å². The van der Waals surface area contributed by atoms with E-state index in [0.29, 0.717) is 24.0 Å². The minimum Gasteiger partial charge on any atom is -0.333 e. The SMILES string of the molecule is O=C(c1ccc2sccc2c1)N(C1CC1)C1CCC2NN=CC2C1. The zero-order valence-electron chi connectivity index (χ0n) is 13.5. The van der Waals surface area contributed by atoms with Crippen LogP contribution in [0.1, 0.15) is 42.5 Å². The Morgan fingerprint density at radius 2 is 2.04 bits per heavy atom. The molecule has 2 saturated carbocycles. The van der Waals surface area contributed by atoms with E-state index in [9.17, 15) is 4.79 Å². The van der Waals surface area contributed by atoms with Crippen molar-refractivity contribution >= 4 is 33.5 Å². The van der Waals surface area contributed by atoms with Crippen LogP contribution in [0.15, 0.2) is 34.7 Å². The number of hydrogen-bond acceptors (Lipinski definition) is 4. The maximum atomic E-state index is 13.3. The molecular weight excluding hydrogens is 318 g/mol. The Balaban J connectivity index is 1.42. The van der Waals surface area contributed by atoms with Crippen LogP contribution in [0.5, 0.6) is 0 Å². The maximum Gasteiger partial charge on any atom is 0.254 e. The van der Waals surface area contributed by atoms with Crippen molar-refractivity contribution < 1.29 is 4.79 Å². The molecule has 3 aliphatic rings. The van der Waals surface area contributed by atoms with Gasteiger partial charge in [-0.3, -0.25) is 4.79 Å². The molecule has 1 N–H and O–H groups in total. The summed E-state index contributed by atoms with van der Waals surface area (Å²) in [5.41, 5.74) is 4.05. The predicted octanol–water partition coefficient (Wildman–Crippen LogP) is 3.63. The van der Waals surface area contributed by atoms with Crippen molar-refractivity contribution in [3.8, 4) is 0 Å². The number of benzene rings is 1. The van der Waals surface area contributed by atoms with E-state index in [4.69, 9.17) is 0 Å². The summed E-state index contributed by atoms with van der Waals surface area (Å²) in [6.07, 6.45) is 7.59. The molecule has 5 heteroatoms. The fourth-order valence-corrected chi connectivity index (χ4v) is 5.00. The highest BCUT2D eigenvalue weighted by atomic mass is 32.1. The number of amides is 1. The monoisotopic (exact) mass is 339 g/mol. The lowest BCUT2D eigenvalue weighted by Crippen LogP contribution is -2.48. The molecular formula is C19H21N3OS. The van der Waals surface area contributed by atoms with Crippen LogP contribution in [0.25, 0.3) is 10.1 Å². The van der Waals surface area contributed by atoms with E-state index in [-0.39, 0.29) is 5.91 Å². The third-order valence-electron chi connectivity index (χ3n) is 5.65. The summed E-state index contributed by atoms with van der Waals surface area (Å²) in [5, 5.41) is 7.50. The highest BCUT2D eigenvalue weighted by molar-refractivity contribution is 7.17. The number of thiophene rings is 1. The minimum atomic E-state index is 0.219. The summed E-state index contributed by atoms with van der Waals surface area (Å²) in [5.74, 6) is 0.703. The first-order chi connectivity index (χ1) is 11.8. The van der Waals surface area contributed by atoms with Gasteiger partial charge in [-0.1, -0.05) is 0 Å². The van der Waals surface area contributed by atoms with Gasteiger partial charge in [0.15, 0.2) is 0 Å². The number of hydrazone groups is 1. The number of rotatable bonds is 3. The van der Waals surface area contributed by atoms with E-state index in [1.165, 1.54) is 10.1 Å². The highest BCUT2D eigenvalue weighted by Gasteiger charge is 2.42. The summed E-state index contributed by atoms with van der Waals surface area (Å²) in [6, 6.07) is 9.54. The van der Waals surface area contributed by atoms with E-state index >= 15 is 0 Å². The van der Waals surface area contributed by atoms with Gasteiger partial charge in [-0.2, -0.15) is 5.10 Å².